The summed E-state index contributed by atoms with van der Waals surface area (Å²) < 4.78 is 5.25. The summed E-state index contributed by atoms with van der Waals surface area (Å²) in [6, 6.07) is 3.65. The standard InChI is InChI=1S/C11H13N3O/c1-7-8(2)13-11(14-9(7)6-12)10-4-3-5-15-10/h3-5H,6,12H2,1-2H3. The number of rotatable bonds is 2. The quantitative estimate of drug-likeness (QED) is 0.808. The van der Waals surface area contributed by atoms with Crippen molar-refractivity contribution in [3.8, 4) is 11.6 Å². The van der Waals surface area contributed by atoms with E-state index in [2.05, 4.69) is 9.97 Å². The van der Waals surface area contributed by atoms with E-state index >= 15 is 0 Å². The average Bonchev–Trinajstić information content (AvgIpc) is 2.75. The molecule has 0 spiro atoms. The molecule has 0 aliphatic heterocycles. The summed E-state index contributed by atoms with van der Waals surface area (Å²) in [4.78, 5) is 8.73. The highest BCUT2D eigenvalue weighted by Crippen LogP contribution is 2.18. The first-order valence-corrected chi connectivity index (χ1v) is 4.80. The first-order valence-electron chi connectivity index (χ1n) is 4.80. The second kappa shape index (κ2) is 3.82. The van der Waals surface area contributed by atoms with Crippen LogP contribution in [0.1, 0.15) is 17.0 Å². The molecule has 4 nitrogen and oxygen atoms in total. The minimum Gasteiger partial charge on any atom is -0.461 e. The Morgan fingerprint density at radius 1 is 1.33 bits per heavy atom. The normalized spacial score (nSPS) is 10.6. The van der Waals surface area contributed by atoms with Gasteiger partial charge in [-0.15, -0.1) is 0 Å². The van der Waals surface area contributed by atoms with Crippen molar-refractivity contribution in [3.05, 3.63) is 35.3 Å². The highest BCUT2D eigenvalue weighted by atomic mass is 16.3. The maximum absolute atomic E-state index is 5.62. The van der Waals surface area contributed by atoms with E-state index < -0.39 is 0 Å². The second-order valence-corrected chi connectivity index (χ2v) is 3.39. The lowest BCUT2D eigenvalue weighted by Crippen LogP contribution is -2.07. The van der Waals surface area contributed by atoms with Gasteiger partial charge >= 0.3 is 0 Å². The van der Waals surface area contributed by atoms with Gasteiger partial charge in [0.05, 0.1) is 12.0 Å². The Morgan fingerprint density at radius 3 is 2.73 bits per heavy atom. The number of nitrogens with zero attached hydrogens (tertiary/aromatic N) is 2. The van der Waals surface area contributed by atoms with Crippen molar-refractivity contribution in [2.75, 3.05) is 0 Å². The number of furan rings is 1. The molecule has 0 aromatic carbocycles. The van der Waals surface area contributed by atoms with Gasteiger partial charge in [0.25, 0.3) is 0 Å². The minimum atomic E-state index is 0.420. The predicted octanol–water partition coefficient (Wildman–Crippen LogP) is 1.81. The lowest BCUT2D eigenvalue weighted by molar-refractivity contribution is 0.576. The summed E-state index contributed by atoms with van der Waals surface area (Å²) in [6.45, 7) is 4.34. The Kier molecular flexibility index (Phi) is 2.51. The Balaban J connectivity index is 2.55. The van der Waals surface area contributed by atoms with Crippen molar-refractivity contribution < 1.29 is 4.42 Å². The summed E-state index contributed by atoms with van der Waals surface area (Å²) in [5.41, 5.74) is 8.48. The molecule has 78 valence electrons. The zero-order chi connectivity index (χ0) is 10.8. The molecule has 2 rings (SSSR count). The van der Waals surface area contributed by atoms with Crippen LogP contribution in [0.2, 0.25) is 0 Å². The second-order valence-electron chi connectivity index (χ2n) is 3.39. The Bertz CT molecular complexity index is 463. The Labute approximate surface area is 88.2 Å². The molecular weight excluding hydrogens is 190 g/mol. The summed E-state index contributed by atoms with van der Waals surface area (Å²) in [7, 11) is 0. The monoisotopic (exact) mass is 203 g/mol. The molecule has 0 unspecified atom stereocenters. The molecule has 0 amide bonds. The fraction of sp³-hybridized carbons (Fsp3) is 0.273. The molecule has 0 aliphatic carbocycles. The van der Waals surface area contributed by atoms with Crippen LogP contribution in [-0.4, -0.2) is 9.97 Å². The maximum atomic E-state index is 5.62. The van der Waals surface area contributed by atoms with Crippen molar-refractivity contribution >= 4 is 0 Å². The maximum Gasteiger partial charge on any atom is 0.196 e. The van der Waals surface area contributed by atoms with Gasteiger partial charge in [-0.25, -0.2) is 9.97 Å². The molecule has 0 saturated heterocycles. The molecule has 0 radical (unpaired) electrons. The molecule has 2 aromatic rings. The lowest BCUT2D eigenvalue weighted by Gasteiger charge is -2.06. The Morgan fingerprint density at radius 2 is 2.13 bits per heavy atom. The molecule has 0 bridgehead atoms. The number of nitrogens with two attached hydrogens (primary N) is 1. The average molecular weight is 203 g/mol. The van der Waals surface area contributed by atoms with Crippen LogP contribution in [0.3, 0.4) is 0 Å². The lowest BCUT2D eigenvalue weighted by atomic mass is 10.2. The van der Waals surface area contributed by atoms with E-state index in [0.717, 1.165) is 17.0 Å². The van der Waals surface area contributed by atoms with Crippen LogP contribution in [0.25, 0.3) is 11.6 Å². The van der Waals surface area contributed by atoms with Crippen LogP contribution in [0.5, 0.6) is 0 Å². The van der Waals surface area contributed by atoms with Crippen molar-refractivity contribution in [2.45, 2.75) is 20.4 Å². The van der Waals surface area contributed by atoms with Crippen LogP contribution in [0, 0.1) is 13.8 Å². The highest BCUT2D eigenvalue weighted by Gasteiger charge is 2.09. The number of aryl methyl sites for hydroxylation is 1. The SMILES string of the molecule is Cc1nc(-c2ccco2)nc(CN)c1C. The number of hydrogen-bond donors (Lipinski definition) is 1. The fourth-order valence-electron chi connectivity index (χ4n) is 1.40. The van der Waals surface area contributed by atoms with Gasteiger partial charge in [-0.05, 0) is 31.5 Å². The smallest absolute Gasteiger partial charge is 0.196 e. The topological polar surface area (TPSA) is 64.9 Å². The molecule has 2 heterocycles. The largest absolute Gasteiger partial charge is 0.461 e. The first-order chi connectivity index (χ1) is 7.22. The molecule has 0 atom stereocenters. The van der Waals surface area contributed by atoms with Gasteiger partial charge in [0.1, 0.15) is 0 Å². The molecule has 2 aromatic heterocycles. The summed E-state index contributed by atoms with van der Waals surface area (Å²) >= 11 is 0. The molecule has 15 heavy (non-hydrogen) atoms. The molecule has 0 fully saturated rings. The van der Waals surface area contributed by atoms with Crippen LogP contribution >= 0.6 is 0 Å². The molecule has 0 saturated carbocycles. The van der Waals surface area contributed by atoms with Gasteiger partial charge < -0.3 is 10.2 Å². The number of aromatic nitrogens is 2. The molecule has 2 N–H and O–H groups in total. The third-order valence-corrected chi connectivity index (χ3v) is 2.42. The van der Waals surface area contributed by atoms with E-state index in [1.165, 1.54) is 0 Å². The summed E-state index contributed by atoms with van der Waals surface area (Å²) in [5, 5.41) is 0. The third-order valence-electron chi connectivity index (χ3n) is 2.42. The van der Waals surface area contributed by atoms with E-state index in [-0.39, 0.29) is 0 Å². The van der Waals surface area contributed by atoms with Gasteiger partial charge in [0, 0.05) is 12.2 Å². The van der Waals surface area contributed by atoms with Crippen molar-refractivity contribution in [3.63, 3.8) is 0 Å². The molecule has 0 aliphatic rings. The fourth-order valence-corrected chi connectivity index (χ4v) is 1.40. The summed E-state index contributed by atoms with van der Waals surface area (Å²) in [5.74, 6) is 1.27. The van der Waals surface area contributed by atoms with Gasteiger partial charge in [0.2, 0.25) is 0 Å². The molecular formula is C11H13N3O. The first kappa shape index (κ1) is 9.86. The van der Waals surface area contributed by atoms with E-state index in [1.807, 2.05) is 26.0 Å². The van der Waals surface area contributed by atoms with Crippen LogP contribution in [0.15, 0.2) is 22.8 Å². The van der Waals surface area contributed by atoms with E-state index in [4.69, 9.17) is 10.2 Å². The van der Waals surface area contributed by atoms with Gasteiger partial charge in [-0.1, -0.05) is 0 Å². The van der Waals surface area contributed by atoms with Crippen LogP contribution in [0.4, 0.5) is 0 Å². The number of hydrogen-bond acceptors (Lipinski definition) is 4. The van der Waals surface area contributed by atoms with Gasteiger partial charge in [-0.3, -0.25) is 0 Å². The van der Waals surface area contributed by atoms with E-state index in [0.29, 0.717) is 18.1 Å². The van der Waals surface area contributed by atoms with Crippen LogP contribution in [-0.2, 0) is 6.54 Å². The van der Waals surface area contributed by atoms with Crippen molar-refractivity contribution in [1.29, 1.82) is 0 Å². The predicted molar refractivity (Wildman–Crippen MR) is 57.1 cm³/mol. The zero-order valence-corrected chi connectivity index (χ0v) is 8.82. The van der Waals surface area contributed by atoms with Crippen molar-refractivity contribution in [1.82, 2.24) is 9.97 Å². The zero-order valence-electron chi connectivity index (χ0n) is 8.82. The molecule has 4 heteroatoms. The highest BCUT2D eigenvalue weighted by molar-refractivity contribution is 5.47. The van der Waals surface area contributed by atoms with Crippen molar-refractivity contribution in [2.24, 2.45) is 5.73 Å². The van der Waals surface area contributed by atoms with Gasteiger partial charge in [-0.2, -0.15) is 0 Å². The van der Waals surface area contributed by atoms with E-state index in [1.54, 1.807) is 6.26 Å². The van der Waals surface area contributed by atoms with Gasteiger partial charge in [0.15, 0.2) is 11.6 Å². The Hall–Kier alpha value is -1.68. The van der Waals surface area contributed by atoms with Crippen LogP contribution < -0.4 is 5.73 Å². The summed E-state index contributed by atoms with van der Waals surface area (Å²) in [6.07, 6.45) is 1.61. The third kappa shape index (κ3) is 1.76. The minimum absolute atomic E-state index is 0.420. The van der Waals surface area contributed by atoms with E-state index in [9.17, 15) is 0 Å².